The van der Waals surface area contributed by atoms with E-state index in [0.29, 0.717) is 12.5 Å². The molecule has 2 aliphatic heterocycles. The summed E-state index contributed by atoms with van der Waals surface area (Å²) in [5.74, 6) is -0.926. The molecule has 0 fully saturated rings. The number of rotatable bonds is 0. The Morgan fingerprint density at radius 1 is 1.25 bits per heavy atom. The van der Waals surface area contributed by atoms with Crippen LogP contribution in [0.1, 0.15) is 24.0 Å². The van der Waals surface area contributed by atoms with Crippen molar-refractivity contribution in [2.45, 2.75) is 31.0 Å². The van der Waals surface area contributed by atoms with Crippen molar-refractivity contribution in [3.05, 3.63) is 57.5 Å². The molecule has 7 heteroatoms. The standard InChI is InChI=1S/C17H13BrF4N2/c18-12-3-4-13-10(6-12)2-1-5-16(13)9-24-8-11(17(20,21)22)7-14(19)15(24)23-16/h3-4,6-8H,1-2,5,9H2/t16-/m1/s1. The molecule has 1 spiro atoms. The minimum Gasteiger partial charge on any atom is -0.327 e. The molecule has 2 heterocycles. The molecule has 126 valence electrons. The largest absolute Gasteiger partial charge is 0.417 e. The molecule has 24 heavy (non-hydrogen) atoms. The van der Waals surface area contributed by atoms with Crippen LogP contribution in [-0.2, 0) is 12.0 Å². The second kappa shape index (κ2) is 5.18. The Hall–Kier alpha value is -1.63. The van der Waals surface area contributed by atoms with Crippen LogP contribution in [-0.4, -0.2) is 23.5 Å². The van der Waals surface area contributed by atoms with E-state index < -0.39 is 23.1 Å². The maximum absolute atomic E-state index is 14.2. The summed E-state index contributed by atoms with van der Waals surface area (Å²) in [6, 6.07) is 5.85. The third kappa shape index (κ3) is 2.41. The van der Waals surface area contributed by atoms with Crippen LogP contribution in [0.2, 0.25) is 0 Å². The number of halogens is 5. The highest BCUT2D eigenvalue weighted by Crippen LogP contribution is 2.45. The normalized spacial score (nSPS) is 25.9. The Morgan fingerprint density at radius 3 is 2.79 bits per heavy atom. The SMILES string of the molecule is FC1=CC(C(F)(F)F)=CN2C[C@@]3(CCCc4cc(Br)ccc43)N=C12. The summed E-state index contributed by atoms with van der Waals surface area (Å²) in [5.41, 5.74) is 0.437. The topological polar surface area (TPSA) is 15.6 Å². The van der Waals surface area contributed by atoms with E-state index in [1.165, 1.54) is 4.90 Å². The molecule has 0 radical (unpaired) electrons. The van der Waals surface area contributed by atoms with Crippen LogP contribution in [0, 0.1) is 0 Å². The molecule has 0 unspecified atom stereocenters. The lowest BCUT2D eigenvalue weighted by Crippen LogP contribution is -2.36. The third-order valence-electron chi connectivity index (χ3n) is 4.75. The monoisotopic (exact) mass is 400 g/mol. The lowest BCUT2D eigenvalue weighted by molar-refractivity contribution is -0.0893. The molecular weight excluding hydrogens is 388 g/mol. The number of aryl methyl sites for hydroxylation is 1. The van der Waals surface area contributed by atoms with E-state index in [9.17, 15) is 17.6 Å². The van der Waals surface area contributed by atoms with Gasteiger partial charge in [0.15, 0.2) is 11.7 Å². The number of hydrogen-bond donors (Lipinski definition) is 0. The molecule has 0 aromatic heterocycles. The first-order valence-corrected chi connectivity index (χ1v) is 8.40. The number of benzene rings is 1. The fourth-order valence-electron chi connectivity index (χ4n) is 3.73. The molecule has 1 aliphatic carbocycles. The number of aliphatic imine (C=N–C) groups is 1. The first-order chi connectivity index (χ1) is 11.3. The van der Waals surface area contributed by atoms with Crippen molar-refractivity contribution < 1.29 is 17.6 Å². The third-order valence-corrected chi connectivity index (χ3v) is 5.24. The van der Waals surface area contributed by atoms with Gasteiger partial charge in [-0.25, -0.2) is 4.39 Å². The van der Waals surface area contributed by atoms with Gasteiger partial charge in [0, 0.05) is 10.7 Å². The molecule has 0 N–H and O–H groups in total. The highest BCUT2D eigenvalue weighted by atomic mass is 79.9. The van der Waals surface area contributed by atoms with E-state index >= 15 is 0 Å². The summed E-state index contributed by atoms with van der Waals surface area (Å²) in [6.07, 6.45) is -0.625. The van der Waals surface area contributed by atoms with Crippen LogP contribution >= 0.6 is 15.9 Å². The van der Waals surface area contributed by atoms with Crippen molar-refractivity contribution in [1.82, 2.24) is 4.90 Å². The molecule has 4 rings (SSSR count). The zero-order valence-corrected chi connectivity index (χ0v) is 14.1. The minimum absolute atomic E-state index is 0.00114. The first kappa shape index (κ1) is 15.9. The molecule has 3 aliphatic rings. The summed E-state index contributed by atoms with van der Waals surface area (Å²) < 4.78 is 54.0. The summed E-state index contributed by atoms with van der Waals surface area (Å²) >= 11 is 3.44. The van der Waals surface area contributed by atoms with Gasteiger partial charge in [0.2, 0.25) is 0 Å². The van der Waals surface area contributed by atoms with Crippen LogP contribution in [0.5, 0.6) is 0 Å². The number of allylic oxidation sites excluding steroid dienone is 2. The Bertz CT molecular complexity index is 809. The zero-order chi connectivity index (χ0) is 17.1. The average Bonchev–Trinajstić information content (AvgIpc) is 2.86. The summed E-state index contributed by atoms with van der Waals surface area (Å²) in [5, 5.41) is 0. The Kier molecular flexibility index (Phi) is 3.43. The predicted molar refractivity (Wildman–Crippen MR) is 86.2 cm³/mol. The molecule has 0 amide bonds. The van der Waals surface area contributed by atoms with E-state index in [0.717, 1.165) is 34.6 Å². The van der Waals surface area contributed by atoms with Crippen LogP contribution in [0.4, 0.5) is 17.6 Å². The fraction of sp³-hybridized carbons (Fsp3) is 0.353. The highest BCUT2D eigenvalue weighted by Gasteiger charge is 2.46. The zero-order valence-electron chi connectivity index (χ0n) is 12.5. The van der Waals surface area contributed by atoms with Crippen molar-refractivity contribution in [1.29, 1.82) is 0 Å². The van der Waals surface area contributed by atoms with E-state index in [2.05, 4.69) is 20.9 Å². The van der Waals surface area contributed by atoms with Gasteiger partial charge in [0.1, 0.15) is 5.54 Å². The fourth-order valence-corrected chi connectivity index (χ4v) is 4.14. The molecule has 1 atom stereocenters. The molecular formula is C17H13BrF4N2. The van der Waals surface area contributed by atoms with Gasteiger partial charge in [-0.05, 0) is 48.6 Å². The van der Waals surface area contributed by atoms with Crippen LogP contribution < -0.4 is 0 Å². The van der Waals surface area contributed by atoms with Crippen molar-refractivity contribution in [2.75, 3.05) is 6.54 Å². The summed E-state index contributed by atoms with van der Waals surface area (Å²) in [4.78, 5) is 5.84. The molecule has 1 aromatic rings. The number of fused-ring (bicyclic) bond motifs is 3. The lowest BCUT2D eigenvalue weighted by Gasteiger charge is -2.34. The Labute approximate surface area is 144 Å². The van der Waals surface area contributed by atoms with Gasteiger partial charge in [-0.15, -0.1) is 0 Å². The Morgan fingerprint density at radius 2 is 2.04 bits per heavy atom. The van der Waals surface area contributed by atoms with E-state index in [1.54, 1.807) is 0 Å². The first-order valence-electron chi connectivity index (χ1n) is 7.60. The van der Waals surface area contributed by atoms with Gasteiger partial charge in [0.25, 0.3) is 0 Å². The number of nitrogens with zero attached hydrogens (tertiary/aromatic N) is 2. The second-order valence-electron chi connectivity index (χ2n) is 6.32. The van der Waals surface area contributed by atoms with Gasteiger partial charge in [0.05, 0.1) is 12.1 Å². The van der Waals surface area contributed by atoms with Gasteiger partial charge < -0.3 is 4.90 Å². The number of hydrogen-bond acceptors (Lipinski definition) is 2. The Balaban J connectivity index is 1.79. The number of amidine groups is 1. The molecule has 1 aromatic carbocycles. The smallest absolute Gasteiger partial charge is 0.327 e. The molecule has 0 saturated heterocycles. The van der Waals surface area contributed by atoms with Crippen molar-refractivity contribution >= 4 is 21.8 Å². The van der Waals surface area contributed by atoms with Crippen LogP contribution in [0.25, 0.3) is 0 Å². The van der Waals surface area contributed by atoms with Crippen molar-refractivity contribution in [3.63, 3.8) is 0 Å². The van der Waals surface area contributed by atoms with Crippen molar-refractivity contribution in [3.8, 4) is 0 Å². The number of alkyl halides is 3. The maximum atomic E-state index is 14.2. The van der Waals surface area contributed by atoms with E-state index in [4.69, 9.17) is 0 Å². The predicted octanol–water partition coefficient (Wildman–Crippen LogP) is 5.01. The van der Waals surface area contributed by atoms with Gasteiger partial charge in [-0.1, -0.05) is 22.0 Å². The van der Waals surface area contributed by atoms with Gasteiger partial charge in [-0.3, -0.25) is 4.99 Å². The summed E-state index contributed by atoms with van der Waals surface area (Å²) in [6.45, 7) is 0.234. The quantitative estimate of drug-likeness (QED) is 0.559. The van der Waals surface area contributed by atoms with Crippen LogP contribution in [0.15, 0.2) is 51.3 Å². The molecule has 2 nitrogen and oxygen atoms in total. The lowest BCUT2D eigenvalue weighted by atomic mass is 9.77. The summed E-state index contributed by atoms with van der Waals surface area (Å²) in [7, 11) is 0. The highest BCUT2D eigenvalue weighted by molar-refractivity contribution is 9.10. The minimum atomic E-state index is -4.58. The maximum Gasteiger partial charge on any atom is 0.417 e. The van der Waals surface area contributed by atoms with E-state index in [1.807, 2.05) is 18.2 Å². The second-order valence-corrected chi connectivity index (χ2v) is 7.24. The average molecular weight is 401 g/mol. The molecule has 0 saturated carbocycles. The van der Waals surface area contributed by atoms with Crippen LogP contribution in [0.3, 0.4) is 0 Å². The van der Waals surface area contributed by atoms with Gasteiger partial charge >= 0.3 is 6.18 Å². The van der Waals surface area contributed by atoms with Gasteiger partial charge in [-0.2, -0.15) is 13.2 Å². The molecule has 0 bridgehead atoms. The van der Waals surface area contributed by atoms with Crippen molar-refractivity contribution in [2.24, 2.45) is 4.99 Å². The van der Waals surface area contributed by atoms with E-state index in [-0.39, 0.29) is 12.4 Å².